The maximum atomic E-state index is 11.8. The highest BCUT2D eigenvalue weighted by molar-refractivity contribution is 7.99. The van der Waals surface area contributed by atoms with Gasteiger partial charge >= 0.3 is 5.97 Å². The first-order valence-corrected chi connectivity index (χ1v) is 8.46. The maximum absolute atomic E-state index is 11.8. The quantitative estimate of drug-likeness (QED) is 0.392. The number of oxazole rings is 1. The average Bonchev–Trinajstić information content (AvgIpc) is 3.01. The first-order chi connectivity index (χ1) is 11.7. The van der Waals surface area contributed by atoms with Crippen LogP contribution in [0.4, 0.5) is 0 Å². The molecule has 0 radical (unpaired) electrons. The number of carbonyl (C=O) groups is 1. The Hall–Kier alpha value is -2.42. The summed E-state index contributed by atoms with van der Waals surface area (Å²) in [6.45, 7) is 0.0121. The summed E-state index contributed by atoms with van der Waals surface area (Å²) in [6, 6.07) is 14.3. The average molecular weight is 358 g/mol. The summed E-state index contributed by atoms with van der Waals surface area (Å²) in [7, 11) is 0. The predicted octanol–water partition coefficient (Wildman–Crippen LogP) is 4.43. The van der Waals surface area contributed by atoms with Crippen LogP contribution < -0.4 is 0 Å². The molecule has 0 saturated heterocycles. The predicted molar refractivity (Wildman–Crippen MR) is 94.2 cm³/mol. The second-order valence-electron chi connectivity index (χ2n) is 4.65. The molecule has 0 atom stereocenters. The van der Waals surface area contributed by atoms with Gasteiger partial charge in [-0.25, -0.2) is 9.78 Å². The molecule has 0 amide bonds. The fourth-order valence-electron chi connectivity index (χ4n) is 1.92. The van der Waals surface area contributed by atoms with Gasteiger partial charge in [0.25, 0.3) is 5.22 Å². The number of ether oxygens (including phenoxy) is 1. The molecule has 0 aliphatic carbocycles. The Kier molecular flexibility index (Phi) is 5.42. The van der Waals surface area contributed by atoms with Gasteiger partial charge in [0.05, 0.1) is 16.3 Å². The second kappa shape index (κ2) is 7.91. The molecule has 120 valence electrons. The number of thioether (sulfide) groups is 1. The van der Waals surface area contributed by atoms with Gasteiger partial charge in [-0.1, -0.05) is 59.5 Å². The first-order valence-electron chi connectivity index (χ1n) is 7.10. The summed E-state index contributed by atoms with van der Waals surface area (Å²) in [6.07, 6.45) is 0. The third-order valence-corrected chi connectivity index (χ3v) is 4.08. The Morgan fingerprint density at radius 2 is 1.96 bits per heavy atom. The summed E-state index contributed by atoms with van der Waals surface area (Å²) in [5, 5.41) is 0.931. The van der Waals surface area contributed by atoms with Crippen molar-refractivity contribution in [3.05, 3.63) is 59.1 Å². The van der Waals surface area contributed by atoms with Gasteiger partial charge in [-0.3, -0.25) is 0 Å². The molecular weight excluding hydrogens is 346 g/mol. The standard InChI is InChI=1S/C18H12ClNO3S/c19-14-8-2-1-7-13(14)17(21)22-11-5-6-12-24-18-20-15-9-3-4-10-16(15)23-18/h1-4,7-10H,11-12H2. The van der Waals surface area contributed by atoms with Crippen molar-refractivity contribution in [3.63, 3.8) is 0 Å². The van der Waals surface area contributed by atoms with Crippen LogP contribution in [0.5, 0.6) is 0 Å². The smallest absolute Gasteiger partial charge is 0.340 e. The van der Waals surface area contributed by atoms with Gasteiger partial charge in [0.15, 0.2) is 12.2 Å². The van der Waals surface area contributed by atoms with Gasteiger partial charge in [0.1, 0.15) is 5.52 Å². The fraction of sp³-hybridized carbons (Fsp3) is 0.111. The molecule has 0 unspecified atom stereocenters. The SMILES string of the molecule is O=C(OCC#CCSc1nc2ccccc2o1)c1ccccc1Cl. The normalized spacial score (nSPS) is 10.2. The Bertz CT molecular complexity index is 893. The molecule has 1 aromatic heterocycles. The van der Waals surface area contributed by atoms with Gasteiger partial charge in [0, 0.05) is 0 Å². The molecule has 0 aliphatic rings. The van der Waals surface area contributed by atoms with E-state index in [2.05, 4.69) is 16.8 Å². The lowest BCUT2D eigenvalue weighted by Gasteiger charge is -2.02. The minimum absolute atomic E-state index is 0.0121. The third-order valence-electron chi connectivity index (χ3n) is 3.04. The molecule has 3 rings (SSSR count). The van der Waals surface area contributed by atoms with Crippen molar-refractivity contribution in [3.8, 4) is 11.8 Å². The van der Waals surface area contributed by atoms with Crippen molar-refractivity contribution < 1.29 is 13.9 Å². The second-order valence-corrected chi connectivity index (χ2v) is 5.98. The third kappa shape index (κ3) is 4.10. The number of para-hydroxylation sites is 2. The molecule has 4 nitrogen and oxygen atoms in total. The van der Waals surface area contributed by atoms with Crippen LogP contribution in [0.25, 0.3) is 11.1 Å². The Morgan fingerprint density at radius 1 is 1.17 bits per heavy atom. The van der Waals surface area contributed by atoms with Crippen LogP contribution in [0.15, 0.2) is 58.2 Å². The van der Waals surface area contributed by atoms with E-state index in [0.29, 0.717) is 21.6 Å². The lowest BCUT2D eigenvalue weighted by molar-refractivity contribution is 0.0557. The Balaban J connectivity index is 1.46. The van der Waals surface area contributed by atoms with Crippen molar-refractivity contribution in [2.24, 2.45) is 0 Å². The molecule has 0 bridgehead atoms. The van der Waals surface area contributed by atoms with Gasteiger partial charge in [-0.15, -0.1) is 0 Å². The van der Waals surface area contributed by atoms with Crippen LogP contribution in [-0.4, -0.2) is 23.3 Å². The molecular formula is C18H12ClNO3S. The van der Waals surface area contributed by atoms with Gasteiger partial charge in [-0.05, 0) is 24.3 Å². The molecule has 0 spiro atoms. The molecule has 1 heterocycles. The number of nitrogens with zero attached hydrogens (tertiary/aromatic N) is 1. The molecule has 3 aromatic rings. The zero-order chi connectivity index (χ0) is 16.8. The number of esters is 1. The van der Waals surface area contributed by atoms with E-state index in [4.69, 9.17) is 20.8 Å². The molecule has 2 aromatic carbocycles. The lowest BCUT2D eigenvalue weighted by Crippen LogP contribution is -2.05. The molecule has 0 N–H and O–H groups in total. The topological polar surface area (TPSA) is 52.3 Å². The number of benzene rings is 2. The van der Waals surface area contributed by atoms with Crippen LogP contribution in [0.3, 0.4) is 0 Å². The minimum Gasteiger partial charge on any atom is -0.449 e. The summed E-state index contributed by atoms with van der Waals surface area (Å²) in [4.78, 5) is 16.2. The minimum atomic E-state index is -0.485. The fourth-order valence-corrected chi connectivity index (χ4v) is 2.74. The highest BCUT2D eigenvalue weighted by Gasteiger charge is 2.09. The number of halogens is 1. The van der Waals surface area contributed by atoms with E-state index >= 15 is 0 Å². The monoisotopic (exact) mass is 357 g/mol. The zero-order valence-electron chi connectivity index (χ0n) is 12.5. The Labute approximate surface area is 148 Å². The lowest BCUT2D eigenvalue weighted by atomic mass is 10.2. The Morgan fingerprint density at radius 3 is 2.79 bits per heavy atom. The number of hydrogen-bond acceptors (Lipinski definition) is 5. The summed E-state index contributed by atoms with van der Waals surface area (Å²) in [5.41, 5.74) is 1.91. The van der Waals surface area contributed by atoms with E-state index in [0.717, 1.165) is 11.1 Å². The number of hydrogen-bond donors (Lipinski definition) is 0. The highest BCUT2D eigenvalue weighted by Crippen LogP contribution is 2.22. The molecule has 0 fully saturated rings. The van der Waals surface area contributed by atoms with Crippen LogP contribution in [0.2, 0.25) is 5.02 Å². The van der Waals surface area contributed by atoms with Crippen molar-refractivity contribution >= 4 is 40.4 Å². The summed E-state index contributed by atoms with van der Waals surface area (Å²) < 4.78 is 10.6. The first kappa shape index (κ1) is 16.4. The van der Waals surface area contributed by atoms with Crippen LogP contribution >= 0.6 is 23.4 Å². The van der Waals surface area contributed by atoms with Crippen LogP contribution in [-0.2, 0) is 4.74 Å². The van der Waals surface area contributed by atoms with Crippen molar-refractivity contribution in [1.82, 2.24) is 4.98 Å². The molecule has 24 heavy (non-hydrogen) atoms. The largest absolute Gasteiger partial charge is 0.449 e. The maximum Gasteiger partial charge on any atom is 0.340 e. The van der Waals surface area contributed by atoms with Gasteiger partial charge in [0.2, 0.25) is 0 Å². The van der Waals surface area contributed by atoms with Gasteiger partial charge < -0.3 is 9.15 Å². The van der Waals surface area contributed by atoms with E-state index in [-0.39, 0.29) is 6.61 Å². The number of aromatic nitrogens is 1. The molecule has 0 aliphatic heterocycles. The van der Waals surface area contributed by atoms with Crippen molar-refractivity contribution in [1.29, 1.82) is 0 Å². The highest BCUT2D eigenvalue weighted by atomic mass is 35.5. The van der Waals surface area contributed by atoms with Gasteiger partial charge in [-0.2, -0.15) is 0 Å². The molecule has 0 saturated carbocycles. The number of fused-ring (bicyclic) bond motifs is 1. The van der Waals surface area contributed by atoms with Crippen LogP contribution in [0, 0.1) is 11.8 Å². The zero-order valence-corrected chi connectivity index (χ0v) is 14.1. The number of rotatable bonds is 4. The van der Waals surface area contributed by atoms with E-state index in [1.165, 1.54) is 11.8 Å². The summed E-state index contributed by atoms with van der Waals surface area (Å²) >= 11 is 7.32. The van der Waals surface area contributed by atoms with Crippen molar-refractivity contribution in [2.75, 3.05) is 12.4 Å². The summed E-state index contributed by atoms with van der Waals surface area (Å²) in [5.74, 6) is 5.70. The van der Waals surface area contributed by atoms with E-state index in [1.54, 1.807) is 24.3 Å². The van der Waals surface area contributed by atoms with E-state index in [9.17, 15) is 4.79 Å². The van der Waals surface area contributed by atoms with Crippen molar-refractivity contribution in [2.45, 2.75) is 5.22 Å². The van der Waals surface area contributed by atoms with E-state index in [1.807, 2.05) is 24.3 Å². The molecule has 6 heteroatoms. The number of carbonyl (C=O) groups excluding carboxylic acids is 1. The van der Waals surface area contributed by atoms with E-state index < -0.39 is 5.97 Å². The van der Waals surface area contributed by atoms with Crippen LogP contribution in [0.1, 0.15) is 10.4 Å².